The van der Waals surface area contributed by atoms with E-state index < -0.39 is 0 Å². The lowest BCUT2D eigenvalue weighted by molar-refractivity contribution is 0.370. The van der Waals surface area contributed by atoms with Gasteiger partial charge in [-0.1, -0.05) is 18.1 Å². The van der Waals surface area contributed by atoms with Gasteiger partial charge in [0.15, 0.2) is 5.96 Å². The Morgan fingerprint density at radius 1 is 1.24 bits per heavy atom. The minimum Gasteiger partial charge on any atom is -0.481 e. The van der Waals surface area contributed by atoms with Crippen molar-refractivity contribution in [3.8, 4) is 18.1 Å². The Labute approximate surface area is 166 Å². The second kappa shape index (κ2) is 12.3. The summed E-state index contributed by atoms with van der Waals surface area (Å²) in [5.74, 6) is 4.87. The van der Waals surface area contributed by atoms with Gasteiger partial charge in [-0.3, -0.25) is 0 Å². The molecule has 0 saturated heterocycles. The Hall–Kier alpha value is -2.14. The van der Waals surface area contributed by atoms with E-state index in [0.29, 0.717) is 13.2 Å². The highest BCUT2D eigenvalue weighted by atomic mass is 127. The molecule has 1 aromatic carbocycles. The van der Waals surface area contributed by atoms with Crippen molar-refractivity contribution in [1.82, 2.24) is 10.6 Å². The van der Waals surface area contributed by atoms with Crippen LogP contribution < -0.4 is 15.4 Å². The molecule has 25 heavy (non-hydrogen) atoms. The molecule has 0 spiro atoms. The lowest BCUT2D eigenvalue weighted by Crippen LogP contribution is -2.38. The third-order valence-electron chi connectivity index (χ3n) is 3.27. The zero-order chi connectivity index (χ0) is 17.0. The summed E-state index contributed by atoms with van der Waals surface area (Å²) in [5, 5.41) is 6.54. The first-order valence-corrected chi connectivity index (χ1v) is 8.01. The Morgan fingerprint density at radius 2 is 2.04 bits per heavy atom. The van der Waals surface area contributed by atoms with Crippen molar-refractivity contribution in [2.75, 3.05) is 19.7 Å². The topological polar surface area (TPSA) is 58.8 Å². The predicted octanol–water partition coefficient (Wildman–Crippen LogP) is 3.21. The van der Waals surface area contributed by atoms with Gasteiger partial charge in [-0.15, -0.1) is 30.4 Å². The molecule has 1 aromatic heterocycles. The summed E-state index contributed by atoms with van der Waals surface area (Å²) in [4.78, 5) is 4.50. The number of nitrogens with zero attached hydrogens (tertiary/aromatic N) is 1. The van der Waals surface area contributed by atoms with E-state index in [-0.39, 0.29) is 24.0 Å². The van der Waals surface area contributed by atoms with Gasteiger partial charge in [-0.2, -0.15) is 0 Å². The van der Waals surface area contributed by atoms with E-state index in [0.717, 1.165) is 37.0 Å². The quantitative estimate of drug-likeness (QED) is 0.279. The van der Waals surface area contributed by atoms with Crippen molar-refractivity contribution >= 4 is 29.9 Å². The van der Waals surface area contributed by atoms with E-state index in [1.165, 1.54) is 5.56 Å². The van der Waals surface area contributed by atoms with Gasteiger partial charge in [0.1, 0.15) is 24.7 Å². The van der Waals surface area contributed by atoms with Gasteiger partial charge < -0.3 is 19.8 Å². The van der Waals surface area contributed by atoms with Crippen molar-refractivity contribution in [2.24, 2.45) is 4.99 Å². The number of guanidine groups is 1. The van der Waals surface area contributed by atoms with E-state index in [2.05, 4.69) is 21.5 Å². The first-order valence-electron chi connectivity index (χ1n) is 8.01. The predicted molar refractivity (Wildman–Crippen MR) is 111 cm³/mol. The minimum atomic E-state index is 0. The Kier molecular flexibility index (Phi) is 10.2. The van der Waals surface area contributed by atoms with Gasteiger partial charge in [-0.05, 0) is 43.2 Å². The Morgan fingerprint density at radius 3 is 2.68 bits per heavy atom. The van der Waals surface area contributed by atoms with Crippen molar-refractivity contribution in [2.45, 2.75) is 19.9 Å². The normalized spacial score (nSPS) is 10.5. The average Bonchev–Trinajstić information content (AvgIpc) is 3.12. The van der Waals surface area contributed by atoms with Gasteiger partial charge in [0.2, 0.25) is 0 Å². The zero-order valence-corrected chi connectivity index (χ0v) is 16.7. The van der Waals surface area contributed by atoms with Gasteiger partial charge in [0, 0.05) is 13.1 Å². The van der Waals surface area contributed by atoms with Crippen LogP contribution in [0.25, 0.3) is 0 Å². The van der Waals surface area contributed by atoms with Crippen LogP contribution in [0.4, 0.5) is 0 Å². The molecule has 2 aromatic rings. The number of halogens is 1. The van der Waals surface area contributed by atoms with Crippen LogP contribution in [-0.2, 0) is 13.0 Å². The molecule has 0 aliphatic rings. The lowest BCUT2D eigenvalue weighted by atomic mass is 10.1. The SMILES string of the molecule is C#CCOc1ccc(CCNC(=NCc2ccco2)NCC)cc1.I. The third-order valence-corrected chi connectivity index (χ3v) is 3.27. The molecule has 0 saturated carbocycles. The van der Waals surface area contributed by atoms with Gasteiger partial charge in [-0.25, -0.2) is 4.99 Å². The molecule has 0 aliphatic carbocycles. The van der Waals surface area contributed by atoms with Gasteiger partial charge >= 0.3 is 0 Å². The number of ether oxygens (including phenoxy) is 1. The van der Waals surface area contributed by atoms with Crippen LogP contribution in [-0.4, -0.2) is 25.7 Å². The highest BCUT2D eigenvalue weighted by molar-refractivity contribution is 14.0. The summed E-state index contributed by atoms with van der Waals surface area (Å²) >= 11 is 0. The lowest BCUT2D eigenvalue weighted by Gasteiger charge is -2.11. The third kappa shape index (κ3) is 7.98. The summed E-state index contributed by atoms with van der Waals surface area (Å²) in [5.41, 5.74) is 1.22. The smallest absolute Gasteiger partial charge is 0.191 e. The molecule has 0 unspecified atom stereocenters. The second-order valence-electron chi connectivity index (χ2n) is 5.09. The molecule has 1 heterocycles. The van der Waals surface area contributed by atoms with Crippen LogP contribution in [0.2, 0.25) is 0 Å². The molecule has 0 radical (unpaired) electrons. The summed E-state index contributed by atoms with van der Waals surface area (Å²) in [6.07, 6.45) is 7.72. The maximum absolute atomic E-state index is 5.36. The Balaban J connectivity index is 0.00000312. The van der Waals surface area contributed by atoms with Crippen LogP contribution in [0.15, 0.2) is 52.1 Å². The molecule has 2 rings (SSSR count). The molecular weight excluding hydrogens is 429 g/mol. The number of benzene rings is 1. The zero-order valence-electron chi connectivity index (χ0n) is 14.3. The molecule has 134 valence electrons. The number of furan rings is 1. The molecule has 0 atom stereocenters. The first-order chi connectivity index (χ1) is 11.8. The second-order valence-corrected chi connectivity index (χ2v) is 5.09. The fourth-order valence-corrected chi connectivity index (χ4v) is 2.10. The number of terminal acetylenes is 1. The molecule has 0 amide bonds. The van der Waals surface area contributed by atoms with Gasteiger partial charge in [0.25, 0.3) is 0 Å². The molecule has 5 nitrogen and oxygen atoms in total. The minimum absolute atomic E-state index is 0. The van der Waals surface area contributed by atoms with Crippen LogP contribution in [0.3, 0.4) is 0 Å². The maximum atomic E-state index is 5.36. The summed E-state index contributed by atoms with van der Waals surface area (Å²) in [6, 6.07) is 11.7. The molecular formula is C19H24IN3O2. The fraction of sp³-hybridized carbons (Fsp3) is 0.316. The Bertz CT molecular complexity index is 661. The maximum Gasteiger partial charge on any atom is 0.191 e. The number of aliphatic imine (C=N–C) groups is 1. The van der Waals surface area contributed by atoms with Crippen molar-refractivity contribution < 1.29 is 9.15 Å². The van der Waals surface area contributed by atoms with Crippen LogP contribution >= 0.6 is 24.0 Å². The monoisotopic (exact) mass is 453 g/mol. The molecule has 6 heteroatoms. The fourth-order valence-electron chi connectivity index (χ4n) is 2.10. The number of nitrogens with one attached hydrogen (secondary N) is 2. The summed E-state index contributed by atoms with van der Waals surface area (Å²) < 4.78 is 10.7. The number of hydrogen-bond acceptors (Lipinski definition) is 3. The van der Waals surface area contributed by atoms with Crippen molar-refractivity contribution in [3.63, 3.8) is 0 Å². The molecule has 0 aliphatic heterocycles. The van der Waals surface area contributed by atoms with E-state index in [1.54, 1.807) is 6.26 Å². The first kappa shape index (κ1) is 20.9. The summed E-state index contributed by atoms with van der Waals surface area (Å²) in [7, 11) is 0. The van der Waals surface area contributed by atoms with Gasteiger partial charge in [0.05, 0.1) is 6.26 Å². The number of hydrogen-bond donors (Lipinski definition) is 2. The highest BCUT2D eigenvalue weighted by Crippen LogP contribution is 2.12. The average molecular weight is 453 g/mol. The standard InChI is InChI=1S/C19H23N3O2.HI/c1-3-13-23-17-9-7-16(8-10-17)11-12-21-19(20-4-2)22-15-18-6-5-14-24-18;/h1,5-10,14H,4,11-13,15H2,2H3,(H2,20,21,22);1H. The van der Waals surface area contributed by atoms with Crippen molar-refractivity contribution in [3.05, 3.63) is 54.0 Å². The van der Waals surface area contributed by atoms with E-state index >= 15 is 0 Å². The molecule has 0 fully saturated rings. The van der Waals surface area contributed by atoms with Crippen LogP contribution in [0.5, 0.6) is 5.75 Å². The van der Waals surface area contributed by atoms with Crippen molar-refractivity contribution in [1.29, 1.82) is 0 Å². The highest BCUT2D eigenvalue weighted by Gasteiger charge is 2.00. The largest absolute Gasteiger partial charge is 0.481 e. The van der Waals surface area contributed by atoms with E-state index in [4.69, 9.17) is 15.6 Å². The van der Waals surface area contributed by atoms with Crippen LogP contribution in [0, 0.1) is 12.3 Å². The number of rotatable bonds is 8. The van der Waals surface area contributed by atoms with E-state index in [9.17, 15) is 0 Å². The molecule has 0 bridgehead atoms. The van der Waals surface area contributed by atoms with Crippen LogP contribution in [0.1, 0.15) is 18.2 Å². The van der Waals surface area contributed by atoms with E-state index in [1.807, 2.05) is 43.3 Å². The summed E-state index contributed by atoms with van der Waals surface area (Å²) in [6.45, 7) is 4.45. The molecule has 2 N–H and O–H groups in total.